The molecular weight excluding hydrogens is 274 g/mol. The first-order valence-electron chi connectivity index (χ1n) is 6.79. The Hall–Kier alpha value is -2.50. The monoisotopic (exact) mass is 289 g/mol. The van der Waals surface area contributed by atoms with E-state index in [0.29, 0.717) is 30.6 Å². The molecule has 2 heterocycles. The number of carboxylic acid groups (broad SMARTS) is 1. The summed E-state index contributed by atoms with van der Waals surface area (Å²) >= 11 is 0. The SMILES string of the molecule is O=C(O)CCc1ncc(-c2ccc3c(c2)OCCCO3)o1. The molecule has 2 aromatic rings. The van der Waals surface area contributed by atoms with Gasteiger partial charge in [0.15, 0.2) is 23.1 Å². The number of aliphatic carboxylic acids is 1. The van der Waals surface area contributed by atoms with Crippen LogP contribution >= 0.6 is 0 Å². The third-order valence-electron chi connectivity index (χ3n) is 3.14. The molecule has 0 bridgehead atoms. The standard InChI is InChI=1S/C15H15NO5/c17-15(18)5-4-14-16-9-13(21-14)10-2-3-11-12(8-10)20-7-1-6-19-11/h2-3,8-9H,1,4-7H2,(H,17,18). The van der Waals surface area contributed by atoms with Crippen molar-refractivity contribution in [2.45, 2.75) is 19.3 Å². The molecule has 1 N–H and O–H groups in total. The highest BCUT2D eigenvalue weighted by Gasteiger charge is 2.14. The molecule has 6 heteroatoms. The molecule has 110 valence electrons. The van der Waals surface area contributed by atoms with Gasteiger partial charge < -0.3 is 19.0 Å². The third kappa shape index (κ3) is 3.16. The van der Waals surface area contributed by atoms with Crippen molar-refractivity contribution in [3.05, 3.63) is 30.3 Å². The van der Waals surface area contributed by atoms with E-state index in [2.05, 4.69) is 4.98 Å². The van der Waals surface area contributed by atoms with E-state index in [0.717, 1.165) is 17.7 Å². The molecule has 1 aliphatic rings. The Kier molecular flexibility index (Phi) is 3.77. The second-order valence-corrected chi connectivity index (χ2v) is 4.72. The summed E-state index contributed by atoms with van der Waals surface area (Å²) < 4.78 is 16.8. The van der Waals surface area contributed by atoms with E-state index in [-0.39, 0.29) is 12.8 Å². The summed E-state index contributed by atoms with van der Waals surface area (Å²) in [6.45, 7) is 1.27. The van der Waals surface area contributed by atoms with E-state index >= 15 is 0 Å². The number of carbonyl (C=O) groups is 1. The van der Waals surface area contributed by atoms with E-state index < -0.39 is 5.97 Å². The van der Waals surface area contributed by atoms with Gasteiger partial charge in [-0.2, -0.15) is 0 Å². The smallest absolute Gasteiger partial charge is 0.303 e. The predicted molar refractivity (Wildman–Crippen MR) is 73.5 cm³/mol. The van der Waals surface area contributed by atoms with Crippen LogP contribution in [0.25, 0.3) is 11.3 Å². The first-order valence-corrected chi connectivity index (χ1v) is 6.79. The first-order chi connectivity index (χ1) is 10.2. The zero-order valence-corrected chi connectivity index (χ0v) is 11.4. The summed E-state index contributed by atoms with van der Waals surface area (Å²) in [4.78, 5) is 14.6. The normalized spacial score (nSPS) is 13.7. The molecule has 0 unspecified atom stereocenters. The predicted octanol–water partition coefficient (Wildman–Crippen LogP) is 2.52. The van der Waals surface area contributed by atoms with Crippen molar-refractivity contribution in [3.8, 4) is 22.8 Å². The van der Waals surface area contributed by atoms with Crippen LogP contribution in [-0.4, -0.2) is 29.3 Å². The van der Waals surface area contributed by atoms with Gasteiger partial charge in [-0.3, -0.25) is 4.79 Å². The lowest BCUT2D eigenvalue weighted by atomic mass is 10.1. The molecule has 1 aromatic heterocycles. The van der Waals surface area contributed by atoms with Crippen molar-refractivity contribution in [1.82, 2.24) is 4.98 Å². The van der Waals surface area contributed by atoms with Crippen LogP contribution in [0.3, 0.4) is 0 Å². The fourth-order valence-electron chi connectivity index (χ4n) is 2.09. The summed E-state index contributed by atoms with van der Waals surface area (Å²) in [7, 11) is 0. The highest BCUT2D eigenvalue weighted by atomic mass is 16.5. The lowest BCUT2D eigenvalue weighted by Crippen LogP contribution is -1.97. The minimum atomic E-state index is -0.870. The summed E-state index contributed by atoms with van der Waals surface area (Å²) in [5.41, 5.74) is 0.827. The Morgan fingerprint density at radius 1 is 1.24 bits per heavy atom. The lowest BCUT2D eigenvalue weighted by Gasteiger charge is -2.07. The van der Waals surface area contributed by atoms with Gasteiger partial charge >= 0.3 is 5.97 Å². The summed E-state index contributed by atoms with van der Waals surface area (Å²) in [5.74, 6) is 1.55. The average molecular weight is 289 g/mol. The van der Waals surface area contributed by atoms with E-state index in [9.17, 15) is 4.79 Å². The number of fused-ring (bicyclic) bond motifs is 1. The van der Waals surface area contributed by atoms with Crippen LogP contribution in [0.2, 0.25) is 0 Å². The van der Waals surface area contributed by atoms with Crippen LogP contribution in [-0.2, 0) is 11.2 Å². The van der Waals surface area contributed by atoms with Gasteiger partial charge in [0.25, 0.3) is 0 Å². The zero-order valence-electron chi connectivity index (χ0n) is 11.4. The molecule has 0 saturated heterocycles. The maximum atomic E-state index is 10.5. The molecular formula is C15H15NO5. The molecule has 3 rings (SSSR count). The van der Waals surface area contributed by atoms with E-state index in [1.165, 1.54) is 0 Å². The molecule has 1 aromatic carbocycles. The van der Waals surface area contributed by atoms with Crippen LogP contribution in [0.1, 0.15) is 18.7 Å². The molecule has 0 spiro atoms. The number of rotatable bonds is 4. The fraction of sp³-hybridized carbons (Fsp3) is 0.333. The molecule has 0 amide bonds. The van der Waals surface area contributed by atoms with E-state index in [1.807, 2.05) is 18.2 Å². The molecule has 0 atom stereocenters. The fourth-order valence-corrected chi connectivity index (χ4v) is 2.09. The third-order valence-corrected chi connectivity index (χ3v) is 3.14. The number of aryl methyl sites for hydroxylation is 1. The number of hydrogen-bond acceptors (Lipinski definition) is 5. The van der Waals surface area contributed by atoms with Crippen molar-refractivity contribution in [2.75, 3.05) is 13.2 Å². The Morgan fingerprint density at radius 3 is 2.86 bits per heavy atom. The van der Waals surface area contributed by atoms with Crippen molar-refractivity contribution < 1.29 is 23.8 Å². The van der Waals surface area contributed by atoms with Crippen LogP contribution in [0, 0.1) is 0 Å². The Balaban J connectivity index is 1.80. The molecule has 21 heavy (non-hydrogen) atoms. The van der Waals surface area contributed by atoms with Crippen molar-refractivity contribution in [1.29, 1.82) is 0 Å². The number of carboxylic acids is 1. The van der Waals surface area contributed by atoms with E-state index in [4.69, 9.17) is 19.0 Å². The zero-order chi connectivity index (χ0) is 14.7. The van der Waals surface area contributed by atoms with Gasteiger partial charge in [-0.1, -0.05) is 0 Å². The number of oxazole rings is 1. The molecule has 0 radical (unpaired) electrons. The number of hydrogen-bond donors (Lipinski definition) is 1. The molecule has 0 saturated carbocycles. The number of aromatic nitrogens is 1. The van der Waals surface area contributed by atoms with Gasteiger partial charge in [-0.15, -0.1) is 0 Å². The van der Waals surface area contributed by atoms with Crippen molar-refractivity contribution in [2.24, 2.45) is 0 Å². The van der Waals surface area contributed by atoms with Gasteiger partial charge in [0.2, 0.25) is 0 Å². The minimum absolute atomic E-state index is 0.00108. The summed E-state index contributed by atoms with van der Waals surface area (Å²) in [6.07, 6.45) is 2.73. The van der Waals surface area contributed by atoms with Crippen LogP contribution in [0.5, 0.6) is 11.5 Å². The van der Waals surface area contributed by atoms with Crippen LogP contribution < -0.4 is 9.47 Å². The number of benzene rings is 1. The average Bonchev–Trinajstić information content (AvgIpc) is 2.82. The van der Waals surface area contributed by atoms with Gasteiger partial charge in [0.1, 0.15) is 0 Å². The van der Waals surface area contributed by atoms with Gasteiger partial charge in [0.05, 0.1) is 25.8 Å². The number of ether oxygens (including phenoxy) is 2. The minimum Gasteiger partial charge on any atom is -0.490 e. The highest BCUT2D eigenvalue weighted by molar-refractivity contribution is 5.67. The second-order valence-electron chi connectivity index (χ2n) is 4.72. The molecule has 1 aliphatic heterocycles. The largest absolute Gasteiger partial charge is 0.490 e. The molecule has 6 nitrogen and oxygen atoms in total. The van der Waals surface area contributed by atoms with Gasteiger partial charge in [-0.05, 0) is 18.2 Å². The van der Waals surface area contributed by atoms with Crippen molar-refractivity contribution in [3.63, 3.8) is 0 Å². The topological polar surface area (TPSA) is 81.8 Å². The van der Waals surface area contributed by atoms with Gasteiger partial charge in [0, 0.05) is 18.4 Å². The Morgan fingerprint density at radius 2 is 2.05 bits per heavy atom. The summed E-state index contributed by atoms with van der Waals surface area (Å²) in [5, 5.41) is 8.66. The van der Waals surface area contributed by atoms with E-state index in [1.54, 1.807) is 6.20 Å². The van der Waals surface area contributed by atoms with Gasteiger partial charge in [-0.25, -0.2) is 4.98 Å². The number of nitrogens with zero attached hydrogens (tertiary/aromatic N) is 1. The second kappa shape index (κ2) is 5.87. The van der Waals surface area contributed by atoms with Crippen LogP contribution in [0.15, 0.2) is 28.8 Å². The highest BCUT2D eigenvalue weighted by Crippen LogP contribution is 2.34. The lowest BCUT2D eigenvalue weighted by molar-refractivity contribution is -0.137. The van der Waals surface area contributed by atoms with Crippen molar-refractivity contribution >= 4 is 5.97 Å². The van der Waals surface area contributed by atoms with Crippen LogP contribution in [0.4, 0.5) is 0 Å². The molecule has 0 fully saturated rings. The summed E-state index contributed by atoms with van der Waals surface area (Å²) in [6, 6.07) is 5.56. The quantitative estimate of drug-likeness (QED) is 0.931. The maximum Gasteiger partial charge on any atom is 0.303 e. The maximum absolute atomic E-state index is 10.5. The first kappa shape index (κ1) is 13.5. The Bertz CT molecular complexity index is 649. The molecule has 0 aliphatic carbocycles. The Labute approximate surface area is 121 Å².